The van der Waals surface area contributed by atoms with Crippen molar-refractivity contribution < 1.29 is 9.84 Å². The molecule has 0 amide bonds. The number of phenols is 1. The van der Waals surface area contributed by atoms with Crippen molar-refractivity contribution in [3.63, 3.8) is 0 Å². The molecule has 1 aliphatic heterocycles. The molecule has 0 spiro atoms. The highest BCUT2D eigenvalue weighted by molar-refractivity contribution is 5.41. The van der Waals surface area contributed by atoms with Crippen LogP contribution in [0.1, 0.15) is 58.1 Å². The van der Waals surface area contributed by atoms with Gasteiger partial charge >= 0.3 is 0 Å². The van der Waals surface area contributed by atoms with Crippen molar-refractivity contribution in [3.05, 3.63) is 23.8 Å². The number of rotatable bonds is 5. The zero-order valence-electron chi connectivity index (χ0n) is 13.9. The molecule has 1 aromatic carbocycles. The third-order valence-corrected chi connectivity index (χ3v) is 5.59. The summed E-state index contributed by atoms with van der Waals surface area (Å²) in [7, 11) is 1.62. The van der Waals surface area contributed by atoms with Crippen LogP contribution in [0.5, 0.6) is 11.5 Å². The second kappa shape index (κ2) is 6.69. The molecule has 0 aromatic heterocycles. The van der Waals surface area contributed by atoms with E-state index in [1.54, 1.807) is 13.2 Å². The smallest absolute Gasteiger partial charge is 0.124 e. The van der Waals surface area contributed by atoms with E-state index in [2.05, 4.69) is 25.7 Å². The van der Waals surface area contributed by atoms with Crippen molar-refractivity contribution in [3.8, 4) is 11.5 Å². The molecular weight excluding hydrogens is 262 g/mol. The van der Waals surface area contributed by atoms with Gasteiger partial charge in [0.25, 0.3) is 0 Å². The minimum Gasteiger partial charge on any atom is -0.507 e. The quantitative estimate of drug-likeness (QED) is 0.874. The maximum Gasteiger partial charge on any atom is 0.124 e. The average molecular weight is 291 g/mol. The first-order valence-electron chi connectivity index (χ1n) is 8.16. The van der Waals surface area contributed by atoms with Crippen LogP contribution in [0.25, 0.3) is 0 Å². The lowest BCUT2D eigenvalue weighted by atomic mass is 9.74. The Morgan fingerprint density at radius 1 is 1.24 bits per heavy atom. The van der Waals surface area contributed by atoms with Gasteiger partial charge in [-0.1, -0.05) is 32.8 Å². The number of methoxy groups -OCH3 is 1. The van der Waals surface area contributed by atoms with Crippen molar-refractivity contribution in [1.29, 1.82) is 0 Å². The Kier molecular flexibility index (Phi) is 5.15. The number of phenolic OH excluding ortho intramolecular Hbond substituents is 1. The number of likely N-dealkylation sites (tertiary alicyclic amines) is 1. The summed E-state index contributed by atoms with van der Waals surface area (Å²) in [5.74, 6) is 1.04. The Morgan fingerprint density at radius 2 is 1.86 bits per heavy atom. The summed E-state index contributed by atoms with van der Waals surface area (Å²) in [6, 6.07) is 5.87. The molecule has 1 heterocycles. The van der Waals surface area contributed by atoms with Crippen LogP contribution in [0, 0.1) is 5.41 Å². The average Bonchev–Trinajstić information content (AvgIpc) is 2.54. The second-order valence-electron chi connectivity index (χ2n) is 6.34. The number of hydrogen-bond donors (Lipinski definition) is 1. The first-order chi connectivity index (χ1) is 10.0. The molecule has 2 rings (SSSR count). The molecule has 0 aliphatic carbocycles. The lowest BCUT2D eigenvalue weighted by Crippen LogP contribution is -2.40. The van der Waals surface area contributed by atoms with Crippen LogP contribution in [0.2, 0.25) is 0 Å². The lowest BCUT2D eigenvalue weighted by molar-refractivity contribution is 0.0702. The van der Waals surface area contributed by atoms with Gasteiger partial charge in [0.05, 0.1) is 7.11 Å². The summed E-state index contributed by atoms with van der Waals surface area (Å²) < 4.78 is 5.16. The van der Waals surface area contributed by atoms with E-state index in [-0.39, 0.29) is 6.04 Å². The SMILES string of the molecule is CCC1(CC)CCN(C(C)c2ccc(OC)cc2O)CC1. The largest absolute Gasteiger partial charge is 0.507 e. The molecule has 1 aliphatic rings. The predicted octanol–water partition coefficient (Wildman–Crippen LogP) is 4.36. The maximum atomic E-state index is 10.2. The molecule has 118 valence electrons. The number of hydrogen-bond acceptors (Lipinski definition) is 3. The monoisotopic (exact) mass is 291 g/mol. The van der Waals surface area contributed by atoms with Crippen LogP contribution < -0.4 is 4.74 Å². The van der Waals surface area contributed by atoms with Gasteiger partial charge in [0, 0.05) is 17.7 Å². The number of aromatic hydroxyl groups is 1. The number of piperidine rings is 1. The molecule has 1 saturated heterocycles. The molecule has 1 fully saturated rings. The van der Waals surface area contributed by atoms with E-state index in [9.17, 15) is 5.11 Å². The standard InChI is InChI=1S/C18H29NO2/c1-5-18(6-2)9-11-19(12-10-18)14(3)16-8-7-15(21-4)13-17(16)20/h7-8,13-14,20H,5-6,9-12H2,1-4H3. The van der Waals surface area contributed by atoms with E-state index in [0.29, 0.717) is 16.9 Å². The van der Waals surface area contributed by atoms with Crippen molar-refractivity contribution in [2.45, 2.75) is 52.5 Å². The number of benzene rings is 1. The van der Waals surface area contributed by atoms with Crippen LogP contribution in [-0.4, -0.2) is 30.2 Å². The van der Waals surface area contributed by atoms with Gasteiger partial charge in [-0.2, -0.15) is 0 Å². The van der Waals surface area contributed by atoms with Crippen LogP contribution in [0.15, 0.2) is 18.2 Å². The number of nitrogens with zero attached hydrogens (tertiary/aromatic N) is 1. The topological polar surface area (TPSA) is 32.7 Å². The van der Waals surface area contributed by atoms with Gasteiger partial charge in [-0.25, -0.2) is 0 Å². The third-order valence-electron chi connectivity index (χ3n) is 5.59. The normalized spacial score (nSPS) is 20.2. The van der Waals surface area contributed by atoms with E-state index in [1.807, 2.05) is 12.1 Å². The molecular formula is C18H29NO2. The second-order valence-corrected chi connectivity index (χ2v) is 6.34. The van der Waals surface area contributed by atoms with E-state index < -0.39 is 0 Å². The highest BCUT2D eigenvalue weighted by atomic mass is 16.5. The summed E-state index contributed by atoms with van der Waals surface area (Å²) in [5, 5.41) is 10.2. The zero-order valence-corrected chi connectivity index (χ0v) is 13.9. The molecule has 3 nitrogen and oxygen atoms in total. The molecule has 3 heteroatoms. The Morgan fingerprint density at radius 3 is 2.33 bits per heavy atom. The fraction of sp³-hybridized carbons (Fsp3) is 0.667. The van der Waals surface area contributed by atoms with E-state index in [0.717, 1.165) is 18.7 Å². The van der Waals surface area contributed by atoms with Gasteiger partial charge < -0.3 is 9.84 Å². The fourth-order valence-corrected chi connectivity index (χ4v) is 3.54. The van der Waals surface area contributed by atoms with Crippen LogP contribution in [0.3, 0.4) is 0 Å². The minimum atomic E-state index is 0.252. The van der Waals surface area contributed by atoms with E-state index >= 15 is 0 Å². The summed E-state index contributed by atoms with van der Waals surface area (Å²) in [6.07, 6.45) is 5.08. The molecule has 1 N–H and O–H groups in total. The summed E-state index contributed by atoms with van der Waals surface area (Å²) in [6.45, 7) is 9.06. The van der Waals surface area contributed by atoms with Crippen molar-refractivity contribution in [2.24, 2.45) is 5.41 Å². The van der Waals surface area contributed by atoms with Crippen LogP contribution in [0.4, 0.5) is 0 Å². The van der Waals surface area contributed by atoms with E-state index in [4.69, 9.17) is 4.74 Å². The Hall–Kier alpha value is -1.22. The molecule has 1 aromatic rings. The summed E-state index contributed by atoms with van der Waals surface area (Å²) >= 11 is 0. The predicted molar refractivity (Wildman–Crippen MR) is 86.9 cm³/mol. The molecule has 1 unspecified atom stereocenters. The number of ether oxygens (including phenoxy) is 1. The summed E-state index contributed by atoms with van der Waals surface area (Å²) in [5.41, 5.74) is 1.54. The third kappa shape index (κ3) is 3.34. The highest BCUT2D eigenvalue weighted by Gasteiger charge is 2.33. The zero-order chi connectivity index (χ0) is 15.5. The van der Waals surface area contributed by atoms with E-state index in [1.165, 1.54) is 25.7 Å². The molecule has 0 bridgehead atoms. The van der Waals surface area contributed by atoms with Crippen molar-refractivity contribution >= 4 is 0 Å². The molecule has 21 heavy (non-hydrogen) atoms. The van der Waals surface area contributed by atoms with Gasteiger partial charge in [0.1, 0.15) is 11.5 Å². The Labute approximate surface area is 128 Å². The van der Waals surface area contributed by atoms with Crippen LogP contribution >= 0.6 is 0 Å². The lowest BCUT2D eigenvalue weighted by Gasteiger charge is -2.43. The molecule has 0 radical (unpaired) electrons. The summed E-state index contributed by atoms with van der Waals surface area (Å²) in [4.78, 5) is 2.49. The van der Waals surface area contributed by atoms with Crippen molar-refractivity contribution in [1.82, 2.24) is 4.90 Å². The first-order valence-corrected chi connectivity index (χ1v) is 8.16. The van der Waals surface area contributed by atoms with Gasteiger partial charge in [-0.3, -0.25) is 4.90 Å². The highest BCUT2D eigenvalue weighted by Crippen LogP contribution is 2.41. The van der Waals surface area contributed by atoms with Gasteiger partial charge in [-0.05, 0) is 44.3 Å². The Balaban J connectivity index is 2.06. The molecule has 1 atom stereocenters. The fourth-order valence-electron chi connectivity index (χ4n) is 3.54. The first kappa shape index (κ1) is 16.2. The van der Waals surface area contributed by atoms with Gasteiger partial charge in [-0.15, -0.1) is 0 Å². The van der Waals surface area contributed by atoms with Crippen LogP contribution in [-0.2, 0) is 0 Å². The van der Waals surface area contributed by atoms with Gasteiger partial charge in [0.2, 0.25) is 0 Å². The Bertz CT molecular complexity index is 458. The van der Waals surface area contributed by atoms with Crippen molar-refractivity contribution in [2.75, 3.05) is 20.2 Å². The molecule has 0 saturated carbocycles. The maximum absolute atomic E-state index is 10.2. The van der Waals surface area contributed by atoms with Gasteiger partial charge in [0.15, 0.2) is 0 Å². The minimum absolute atomic E-state index is 0.252.